The number of carbonyl (C=O) groups is 1. The second-order valence-electron chi connectivity index (χ2n) is 5.02. The molecule has 1 heterocycles. The molecule has 1 amide bonds. The predicted octanol–water partition coefficient (Wildman–Crippen LogP) is 2.30. The third kappa shape index (κ3) is 4.32. The minimum absolute atomic E-state index is 0. The van der Waals surface area contributed by atoms with Crippen LogP contribution in [0.5, 0.6) is 0 Å². The lowest BCUT2D eigenvalue weighted by Gasteiger charge is -2.34. The summed E-state index contributed by atoms with van der Waals surface area (Å²) in [6.07, 6.45) is 4.34. The van der Waals surface area contributed by atoms with Gasteiger partial charge in [-0.3, -0.25) is 4.79 Å². The van der Waals surface area contributed by atoms with Crippen molar-refractivity contribution in [2.45, 2.75) is 38.4 Å². The van der Waals surface area contributed by atoms with Crippen molar-refractivity contribution in [3.8, 4) is 0 Å². The zero-order valence-electron chi connectivity index (χ0n) is 11.9. The predicted molar refractivity (Wildman–Crippen MR) is 82.6 cm³/mol. The highest BCUT2D eigenvalue weighted by molar-refractivity contribution is 8.00. The van der Waals surface area contributed by atoms with Gasteiger partial charge < -0.3 is 10.6 Å². The summed E-state index contributed by atoms with van der Waals surface area (Å²) in [6, 6.07) is 0. The van der Waals surface area contributed by atoms with Crippen molar-refractivity contribution in [3.05, 3.63) is 0 Å². The van der Waals surface area contributed by atoms with Gasteiger partial charge >= 0.3 is 0 Å². The van der Waals surface area contributed by atoms with Crippen molar-refractivity contribution in [2.75, 3.05) is 25.9 Å². The van der Waals surface area contributed by atoms with Crippen LogP contribution in [0.2, 0.25) is 0 Å². The third-order valence-electron chi connectivity index (χ3n) is 4.24. The lowest BCUT2D eigenvalue weighted by Crippen LogP contribution is -2.51. The molecule has 0 bridgehead atoms. The number of amides is 1. The molecule has 0 aromatic rings. The molecule has 2 N–H and O–H groups in total. The van der Waals surface area contributed by atoms with Gasteiger partial charge in [0.25, 0.3) is 0 Å². The summed E-state index contributed by atoms with van der Waals surface area (Å²) >= 11 is 1.87. The number of halogens is 1. The normalized spacial score (nSPS) is 17.6. The molecule has 18 heavy (non-hydrogen) atoms. The fourth-order valence-electron chi connectivity index (χ4n) is 2.15. The molecule has 1 fully saturated rings. The van der Waals surface area contributed by atoms with Crippen LogP contribution >= 0.6 is 24.2 Å². The molecule has 5 heteroatoms. The van der Waals surface area contributed by atoms with Gasteiger partial charge in [-0.15, -0.1) is 12.4 Å². The van der Waals surface area contributed by atoms with Gasteiger partial charge in [-0.25, -0.2) is 0 Å². The van der Waals surface area contributed by atoms with E-state index >= 15 is 0 Å². The maximum atomic E-state index is 12.0. The number of carbonyl (C=O) groups excluding carboxylic acids is 1. The molecule has 0 spiro atoms. The van der Waals surface area contributed by atoms with Crippen LogP contribution in [-0.2, 0) is 4.79 Å². The van der Waals surface area contributed by atoms with Crippen molar-refractivity contribution in [1.29, 1.82) is 0 Å². The summed E-state index contributed by atoms with van der Waals surface area (Å²) in [4.78, 5) is 12.0. The zero-order valence-corrected chi connectivity index (χ0v) is 13.5. The van der Waals surface area contributed by atoms with Crippen LogP contribution in [0.15, 0.2) is 0 Å². The van der Waals surface area contributed by atoms with Crippen LogP contribution in [0.3, 0.4) is 0 Å². The number of hydrogen-bond acceptors (Lipinski definition) is 3. The Labute approximate surface area is 122 Å². The maximum absolute atomic E-state index is 12.0. The average Bonchev–Trinajstić information content (AvgIpc) is 2.29. The lowest BCUT2D eigenvalue weighted by molar-refractivity contribution is -0.126. The smallest absolute Gasteiger partial charge is 0.223 e. The Bertz CT molecular complexity index is 247. The van der Waals surface area contributed by atoms with E-state index in [9.17, 15) is 4.79 Å². The first kappa shape index (κ1) is 18.1. The molecule has 0 radical (unpaired) electrons. The highest BCUT2D eigenvalue weighted by Crippen LogP contribution is 2.29. The van der Waals surface area contributed by atoms with Crippen LogP contribution in [-0.4, -0.2) is 36.5 Å². The summed E-state index contributed by atoms with van der Waals surface area (Å²) in [6.45, 7) is 9.22. The summed E-state index contributed by atoms with van der Waals surface area (Å²) in [7, 11) is 0. The number of hydrogen-bond donors (Lipinski definition) is 2. The van der Waals surface area contributed by atoms with Gasteiger partial charge in [0.2, 0.25) is 5.91 Å². The number of rotatable bonds is 7. The summed E-state index contributed by atoms with van der Waals surface area (Å²) in [5.74, 6) is 0.892. The van der Waals surface area contributed by atoms with Gasteiger partial charge in [0.05, 0.1) is 0 Å². The quantitative estimate of drug-likeness (QED) is 0.757. The Hall–Kier alpha value is 0.0700. The van der Waals surface area contributed by atoms with Crippen molar-refractivity contribution < 1.29 is 4.79 Å². The standard InChI is InChI=1S/C13H26N2OS.ClH/c1-5-13(6-2,17-4)9-15-12(16)10(3)11-7-14-8-11;/h10-11,14H,5-9H2,1-4H3,(H,15,16);1H. The van der Waals surface area contributed by atoms with Crippen molar-refractivity contribution in [3.63, 3.8) is 0 Å². The molecule has 1 saturated heterocycles. The van der Waals surface area contributed by atoms with Gasteiger partial charge in [-0.1, -0.05) is 20.8 Å². The number of nitrogens with one attached hydrogen (secondary N) is 2. The van der Waals surface area contributed by atoms with Gasteiger partial charge in [0.15, 0.2) is 0 Å². The van der Waals surface area contributed by atoms with Crippen LogP contribution in [0.4, 0.5) is 0 Å². The molecule has 0 saturated carbocycles. The molecule has 1 unspecified atom stereocenters. The van der Waals surface area contributed by atoms with E-state index in [4.69, 9.17) is 0 Å². The van der Waals surface area contributed by atoms with E-state index in [2.05, 4.69) is 30.7 Å². The molecule has 0 aromatic heterocycles. The fraction of sp³-hybridized carbons (Fsp3) is 0.923. The number of thioether (sulfide) groups is 1. The Morgan fingerprint density at radius 2 is 2.00 bits per heavy atom. The minimum atomic E-state index is 0. The second kappa shape index (κ2) is 8.28. The fourth-order valence-corrected chi connectivity index (χ4v) is 2.94. The molecule has 1 atom stereocenters. The lowest BCUT2D eigenvalue weighted by atomic mass is 9.88. The first-order chi connectivity index (χ1) is 8.08. The summed E-state index contributed by atoms with van der Waals surface area (Å²) < 4.78 is 0.216. The van der Waals surface area contributed by atoms with Crippen molar-refractivity contribution in [1.82, 2.24) is 10.6 Å². The van der Waals surface area contributed by atoms with Crippen molar-refractivity contribution >= 4 is 30.1 Å². The van der Waals surface area contributed by atoms with Gasteiger partial charge in [0.1, 0.15) is 0 Å². The SMILES string of the molecule is CCC(CC)(CNC(=O)C(C)C1CNC1)SC.Cl. The second-order valence-corrected chi connectivity index (χ2v) is 6.29. The zero-order chi connectivity index (χ0) is 12.9. The Morgan fingerprint density at radius 3 is 2.33 bits per heavy atom. The molecule has 1 aliphatic heterocycles. The molecule has 3 nitrogen and oxygen atoms in total. The average molecular weight is 295 g/mol. The Morgan fingerprint density at radius 1 is 1.44 bits per heavy atom. The van der Waals surface area contributed by atoms with Gasteiger partial charge in [-0.05, 0) is 38.1 Å². The molecule has 0 aliphatic carbocycles. The van der Waals surface area contributed by atoms with Crippen LogP contribution in [0.25, 0.3) is 0 Å². The molecule has 108 valence electrons. The molecular weight excluding hydrogens is 268 g/mol. The molecular formula is C13H27ClN2OS. The van der Waals surface area contributed by atoms with E-state index in [1.807, 2.05) is 18.7 Å². The third-order valence-corrected chi connectivity index (χ3v) is 5.83. The topological polar surface area (TPSA) is 41.1 Å². The summed E-state index contributed by atoms with van der Waals surface area (Å²) in [5, 5.41) is 6.36. The van der Waals surface area contributed by atoms with E-state index in [-0.39, 0.29) is 29.0 Å². The van der Waals surface area contributed by atoms with Crippen LogP contribution in [0, 0.1) is 11.8 Å². The van der Waals surface area contributed by atoms with E-state index in [0.717, 1.165) is 32.5 Å². The molecule has 1 aliphatic rings. The first-order valence-corrected chi connectivity index (χ1v) is 7.84. The monoisotopic (exact) mass is 294 g/mol. The summed E-state index contributed by atoms with van der Waals surface area (Å²) in [5.41, 5.74) is 0. The van der Waals surface area contributed by atoms with Crippen LogP contribution < -0.4 is 10.6 Å². The van der Waals surface area contributed by atoms with Gasteiger partial charge in [-0.2, -0.15) is 11.8 Å². The van der Waals surface area contributed by atoms with Crippen LogP contribution in [0.1, 0.15) is 33.6 Å². The van der Waals surface area contributed by atoms with Crippen molar-refractivity contribution in [2.24, 2.45) is 11.8 Å². The molecule has 1 rings (SSSR count). The van der Waals surface area contributed by atoms with Gasteiger partial charge in [0, 0.05) is 17.2 Å². The Balaban J connectivity index is 0.00000289. The van der Waals surface area contributed by atoms with E-state index in [1.165, 1.54) is 0 Å². The highest BCUT2D eigenvalue weighted by Gasteiger charge is 2.31. The largest absolute Gasteiger partial charge is 0.354 e. The van der Waals surface area contributed by atoms with E-state index < -0.39 is 0 Å². The highest BCUT2D eigenvalue weighted by atomic mass is 35.5. The molecule has 0 aromatic carbocycles. The van der Waals surface area contributed by atoms with E-state index in [0.29, 0.717) is 5.92 Å². The Kier molecular flexibility index (Phi) is 8.31. The minimum Gasteiger partial charge on any atom is -0.354 e. The first-order valence-electron chi connectivity index (χ1n) is 6.62. The maximum Gasteiger partial charge on any atom is 0.223 e. The van der Waals surface area contributed by atoms with E-state index in [1.54, 1.807) is 0 Å².